The van der Waals surface area contributed by atoms with Crippen LogP contribution in [0.15, 0.2) is 77.2 Å². The van der Waals surface area contributed by atoms with Crippen LogP contribution in [0, 0.1) is 5.41 Å². The molecule has 0 aliphatic carbocycles. The highest BCUT2D eigenvalue weighted by atomic mass is 35.5. The summed E-state index contributed by atoms with van der Waals surface area (Å²) in [6.07, 6.45) is -0.985. The molecule has 0 aliphatic rings. The number of nitrogens with one attached hydrogen (secondary N) is 1. The highest BCUT2D eigenvalue weighted by Crippen LogP contribution is 2.29. The number of aliphatic hydroxyl groups excluding tert-OH is 2. The van der Waals surface area contributed by atoms with E-state index in [1.807, 2.05) is 42.5 Å². The number of imidazole rings is 1. The van der Waals surface area contributed by atoms with Crippen LogP contribution in [0.5, 0.6) is 0 Å². The Morgan fingerprint density at radius 3 is 2.47 bits per heavy atom. The molecule has 2 heterocycles. The van der Waals surface area contributed by atoms with Crippen molar-refractivity contribution >= 4 is 33.7 Å². The van der Waals surface area contributed by atoms with E-state index in [1.54, 1.807) is 39.5 Å². The van der Waals surface area contributed by atoms with Gasteiger partial charge in [-0.15, -0.1) is 0 Å². The minimum Gasteiger partial charge on any atom is -0.439 e. The standard InChI is InChI=1S/C24H21ClN4O3/c25-16-10-11-21-17(12-16)27-22(32-21)13-28-18-8-4-5-9-19(18)29(24(28)26)20(14-30)23(31)15-6-2-1-3-7-15/h1-12,20,23,26,30-31H,13-14H2. The number of halogens is 1. The molecular formula is C24H21ClN4O3. The molecule has 32 heavy (non-hydrogen) atoms. The van der Waals surface area contributed by atoms with Gasteiger partial charge < -0.3 is 23.8 Å². The first-order chi connectivity index (χ1) is 15.6. The fourth-order valence-corrected chi connectivity index (χ4v) is 4.26. The van der Waals surface area contributed by atoms with Crippen LogP contribution in [0.3, 0.4) is 0 Å². The largest absolute Gasteiger partial charge is 0.439 e. The minimum absolute atomic E-state index is 0.125. The quantitative estimate of drug-likeness (QED) is 0.365. The van der Waals surface area contributed by atoms with Gasteiger partial charge in [-0.25, -0.2) is 4.98 Å². The Hall–Kier alpha value is -3.39. The molecule has 0 fully saturated rings. The van der Waals surface area contributed by atoms with E-state index in [9.17, 15) is 10.2 Å². The Morgan fingerprint density at radius 2 is 1.72 bits per heavy atom. The predicted octanol–water partition coefficient (Wildman–Crippen LogP) is 4.03. The first-order valence-electron chi connectivity index (χ1n) is 10.2. The Labute approximate surface area is 188 Å². The van der Waals surface area contributed by atoms with Crippen molar-refractivity contribution in [1.82, 2.24) is 14.1 Å². The fourth-order valence-electron chi connectivity index (χ4n) is 4.10. The van der Waals surface area contributed by atoms with Gasteiger partial charge in [-0.2, -0.15) is 0 Å². The first-order valence-corrected chi connectivity index (χ1v) is 10.6. The SMILES string of the molecule is N=c1n(Cc2nc3cc(Cl)ccc3o2)c2ccccc2n1C(CO)C(O)c1ccccc1. The lowest BCUT2D eigenvalue weighted by Crippen LogP contribution is -2.32. The highest BCUT2D eigenvalue weighted by Gasteiger charge is 2.26. The maximum absolute atomic E-state index is 11.0. The summed E-state index contributed by atoms with van der Waals surface area (Å²) in [5.74, 6) is 0.438. The lowest BCUT2D eigenvalue weighted by atomic mass is 10.0. The van der Waals surface area contributed by atoms with Crippen molar-refractivity contribution in [2.75, 3.05) is 6.61 Å². The summed E-state index contributed by atoms with van der Waals surface area (Å²) in [5, 5.41) is 30.7. The summed E-state index contributed by atoms with van der Waals surface area (Å²) in [5.41, 5.74) is 3.57. The Morgan fingerprint density at radius 1 is 1.00 bits per heavy atom. The zero-order valence-corrected chi connectivity index (χ0v) is 17.8. The van der Waals surface area contributed by atoms with Gasteiger partial charge in [0.25, 0.3) is 0 Å². The molecule has 0 saturated heterocycles. The molecule has 0 spiro atoms. The van der Waals surface area contributed by atoms with Crippen molar-refractivity contribution in [3.63, 3.8) is 0 Å². The lowest BCUT2D eigenvalue weighted by molar-refractivity contribution is 0.0721. The summed E-state index contributed by atoms with van der Waals surface area (Å²) < 4.78 is 9.27. The molecule has 0 saturated carbocycles. The first kappa shape index (κ1) is 20.5. The summed E-state index contributed by atoms with van der Waals surface area (Å²) in [4.78, 5) is 4.51. The van der Waals surface area contributed by atoms with Crippen LogP contribution in [0.1, 0.15) is 23.6 Å². The van der Waals surface area contributed by atoms with E-state index in [1.165, 1.54) is 0 Å². The highest BCUT2D eigenvalue weighted by molar-refractivity contribution is 6.31. The maximum Gasteiger partial charge on any atom is 0.215 e. The van der Waals surface area contributed by atoms with Crippen LogP contribution >= 0.6 is 11.6 Å². The number of para-hydroxylation sites is 2. The van der Waals surface area contributed by atoms with Gasteiger partial charge >= 0.3 is 0 Å². The number of aromatic nitrogens is 3. The number of rotatable bonds is 6. The molecule has 162 valence electrons. The second-order valence-corrected chi connectivity index (χ2v) is 8.03. The second kappa shape index (κ2) is 8.27. The van der Waals surface area contributed by atoms with Gasteiger partial charge in [0.15, 0.2) is 5.58 Å². The Balaban J connectivity index is 1.61. The molecule has 0 radical (unpaired) electrons. The van der Waals surface area contributed by atoms with Crippen molar-refractivity contribution in [3.8, 4) is 0 Å². The van der Waals surface area contributed by atoms with Crippen molar-refractivity contribution < 1.29 is 14.6 Å². The van der Waals surface area contributed by atoms with Crippen LogP contribution in [0.2, 0.25) is 5.02 Å². The van der Waals surface area contributed by atoms with Gasteiger partial charge in [0.1, 0.15) is 18.2 Å². The third-order valence-electron chi connectivity index (χ3n) is 5.63. The molecule has 2 unspecified atom stereocenters. The lowest BCUT2D eigenvalue weighted by Gasteiger charge is -2.23. The predicted molar refractivity (Wildman–Crippen MR) is 121 cm³/mol. The number of aliphatic hydroxyl groups is 2. The van der Waals surface area contributed by atoms with Gasteiger partial charge in [-0.3, -0.25) is 5.41 Å². The van der Waals surface area contributed by atoms with Crippen LogP contribution in [0.25, 0.3) is 22.1 Å². The average molecular weight is 449 g/mol. The molecule has 0 amide bonds. The summed E-state index contributed by atoms with van der Waals surface area (Å²) in [6.45, 7) is -0.111. The van der Waals surface area contributed by atoms with E-state index >= 15 is 0 Å². The molecule has 2 atom stereocenters. The van der Waals surface area contributed by atoms with Crippen LogP contribution in [0.4, 0.5) is 0 Å². The molecule has 5 aromatic rings. The van der Waals surface area contributed by atoms with Crippen LogP contribution in [-0.4, -0.2) is 30.9 Å². The second-order valence-electron chi connectivity index (χ2n) is 7.59. The van der Waals surface area contributed by atoms with E-state index in [4.69, 9.17) is 21.4 Å². The van der Waals surface area contributed by atoms with E-state index in [2.05, 4.69) is 4.98 Å². The van der Waals surface area contributed by atoms with E-state index in [-0.39, 0.29) is 18.8 Å². The minimum atomic E-state index is -0.985. The molecule has 2 aromatic heterocycles. The third-order valence-corrected chi connectivity index (χ3v) is 5.86. The molecule has 5 rings (SSSR count). The van der Waals surface area contributed by atoms with Gasteiger partial charge in [-0.1, -0.05) is 54.1 Å². The van der Waals surface area contributed by atoms with Crippen molar-refractivity contribution in [1.29, 1.82) is 5.41 Å². The summed E-state index contributed by atoms with van der Waals surface area (Å²) in [6, 6.07) is 21.2. The molecular weight excluding hydrogens is 428 g/mol. The van der Waals surface area contributed by atoms with Crippen molar-refractivity contribution in [2.45, 2.75) is 18.7 Å². The van der Waals surface area contributed by atoms with E-state index < -0.39 is 12.1 Å². The molecule has 0 bridgehead atoms. The van der Waals surface area contributed by atoms with Gasteiger partial charge in [-0.05, 0) is 35.9 Å². The zero-order valence-electron chi connectivity index (χ0n) is 17.0. The number of fused-ring (bicyclic) bond motifs is 2. The van der Waals surface area contributed by atoms with Crippen LogP contribution in [-0.2, 0) is 6.54 Å². The van der Waals surface area contributed by atoms with Gasteiger partial charge in [0.05, 0.1) is 23.7 Å². The Kier molecular flexibility index (Phi) is 5.30. The number of hydrogen-bond donors (Lipinski definition) is 3. The van der Waals surface area contributed by atoms with Crippen LogP contribution < -0.4 is 5.62 Å². The number of nitrogens with zero attached hydrogens (tertiary/aromatic N) is 3. The smallest absolute Gasteiger partial charge is 0.215 e. The summed E-state index contributed by atoms with van der Waals surface area (Å²) >= 11 is 6.06. The van der Waals surface area contributed by atoms with E-state index in [0.29, 0.717) is 27.6 Å². The summed E-state index contributed by atoms with van der Waals surface area (Å²) in [7, 11) is 0. The van der Waals surface area contributed by atoms with Crippen molar-refractivity contribution in [3.05, 3.63) is 94.9 Å². The monoisotopic (exact) mass is 448 g/mol. The number of hydrogen-bond acceptors (Lipinski definition) is 5. The molecule has 8 heteroatoms. The van der Waals surface area contributed by atoms with Gasteiger partial charge in [0.2, 0.25) is 11.5 Å². The molecule has 3 aromatic carbocycles. The normalized spacial score (nSPS) is 13.6. The third kappa shape index (κ3) is 3.50. The number of oxazole rings is 1. The van der Waals surface area contributed by atoms with Gasteiger partial charge in [0, 0.05) is 5.02 Å². The topological polar surface area (TPSA) is 100 Å². The molecule has 7 nitrogen and oxygen atoms in total. The fraction of sp³-hybridized carbons (Fsp3) is 0.167. The average Bonchev–Trinajstić information content (AvgIpc) is 3.33. The number of benzene rings is 3. The molecule has 0 aliphatic heterocycles. The maximum atomic E-state index is 11.0. The molecule has 3 N–H and O–H groups in total. The van der Waals surface area contributed by atoms with E-state index in [0.717, 1.165) is 11.0 Å². The Bertz CT molecular complexity index is 1450. The van der Waals surface area contributed by atoms with Crippen molar-refractivity contribution in [2.24, 2.45) is 0 Å². The zero-order chi connectivity index (χ0) is 22.2.